The van der Waals surface area contributed by atoms with Crippen LogP contribution in [0.4, 0.5) is 5.00 Å². The fourth-order valence-electron chi connectivity index (χ4n) is 1.20. The molecule has 3 N–H and O–H groups in total. The molecule has 0 aliphatic rings. The van der Waals surface area contributed by atoms with E-state index in [1.165, 1.54) is 17.4 Å². The summed E-state index contributed by atoms with van der Waals surface area (Å²) < 4.78 is 0.675. The Labute approximate surface area is 104 Å². The average molecular weight is 306 g/mol. The van der Waals surface area contributed by atoms with E-state index < -0.39 is 0 Å². The van der Waals surface area contributed by atoms with E-state index >= 15 is 0 Å². The van der Waals surface area contributed by atoms with Crippen LogP contribution in [0.5, 0.6) is 5.75 Å². The fraction of sp³-hybridized carbons (Fsp3) is 0. The van der Waals surface area contributed by atoms with Gasteiger partial charge in [0.15, 0.2) is 3.92 Å². The molecule has 0 atom stereocenters. The molecule has 0 amide bonds. The summed E-state index contributed by atoms with van der Waals surface area (Å²) in [4.78, 5) is 4.17. The van der Waals surface area contributed by atoms with Gasteiger partial charge in [-0.05, 0) is 34.1 Å². The van der Waals surface area contributed by atoms with Gasteiger partial charge in [-0.3, -0.25) is 0 Å². The number of aromatic hydroxyl groups is 1. The third-order valence-electron chi connectivity index (χ3n) is 1.84. The minimum Gasteiger partial charge on any atom is -0.507 e. The third kappa shape index (κ3) is 2.09. The lowest BCUT2D eigenvalue weighted by molar-refractivity contribution is 0.477. The number of nitrogens with zero attached hydrogens (tertiary/aromatic N) is 1. The summed E-state index contributed by atoms with van der Waals surface area (Å²) >= 11 is 10.4. The first-order valence-electron chi connectivity index (χ1n) is 3.98. The molecular formula is C9H6BrClN2OS. The van der Waals surface area contributed by atoms with Gasteiger partial charge >= 0.3 is 0 Å². The molecule has 0 saturated heterocycles. The molecule has 2 aromatic rings. The second-order valence-electron chi connectivity index (χ2n) is 2.84. The Hall–Kier alpha value is -0.780. The number of aromatic nitrogens is 1. The first kappa shape index (κ1) is 10.7. The molecule has 0 spiro atoms. The number of nitrogens with two attached hydrogens (primary N) is 1. The van der Waals surface area contributed by atoms with Crippen molar-refractivity contribution in [1.29, 1.82) is 0 Å². The van der Waals surface area contributed by atoms with Crippen molar-refractivity contribution in [3.05, 3.63) is 27.1 Å². The Bertz CT molecular complexity index is 515. The number of rotatable bonds is 1. The van der Waals surface area contributed by atoms with Crippen molar-refractivity contribution >= 4 is 43.9 Å². The molecular weight excluding hydrogens is 300 g/mol. The molecule has 0 aliphatic heterocycles. The third-order valence-corrected chi connectivity index (χ3v) is 3.41. The number of hydrogen-bond donors (Lipinski definition) is 2. The van der Waals surface area contributed by atoms with Gasteiger partial charge in [0, 0.05) is 10.6 Å². The highest BCUT2D eigenvalue weighted by Gasteiger charge is 2.13. The zero-order chi connectivity index (χ0) is 11.0. The van der Waals surface area contributed by atoms with Crippen molar-refractivity contribution in [1.82, 2.24) is 4.98 Å². The second kappa shape index (κ2) is 4.00. The smallest absolute Gasteiger partial charge is 0.161 e. The monoisotopic (exact) mass is 304 g/mol. The molecule has 2 rings (SSSR count). The molecule has 1 heterocycles. The molecule has 15 heavy (non-hydrogen) atoms. The highest BCUT2D eigenvalue weighted by Crippen LogP contribution is 2.38. The van der Waals surface area contributed by atoms with Gasteiger partial charge in [-0.2, -0.15) is 0 Å². The van der Waals surface area contributed by atoms with Crippen LogP contribution >= 0.6 is 38.9 Å². The van der Waals surface area contributed by atoms with Crippen LogP contribution in [0.15, 0.2) is 22.1 Å². The van der Waals surface area contributed by atoms with E-state index in [-0.39, 0.29) is 5.75 Å². The SMILES string of the molecule is Nc1sc(Br)nc1-c1cc(Cl)ccc1O. The van der Waals surface area contributed by atoms with Crippen LogP contribution in [0.25, 0.3) is 11.3 Å². The number of phenolic OH excluding ortho intramolecular Hbond substituents is 1. The van der Waals surface area contributed by atoms with Gasteiger partial charge in [0.25, 0.3) is 0 Å². The Balaban J connectivity index is 2.62. The van der Waals surface area contributed by atoms with Crippen LogP contribution in [0.1, 0.15) is 0 Å². The molecule has 0 bridgehead atoms. The van der Waals surface area contributed by atoms with E-state index in [1.807, 2.05) is 0 Å². The molecule has 78 valence electrons. The lowest BCUT2D eigenvalue weighted by Gasteiger charge is -2.02. The van der Waals surface area contributed by atoms with Crippen molar-refractivity contribution in [2.45, 2.75) is 0 Å². The van der Waals surface area contributed by atoms with E-state index in [0.29, 0.717) is 25.2 Å². The second-order valence-corrected chi connectivity index (χ2v) is 5.58. The first-order valence-corrected chi connectivity index (χ1v) is 5.97. The minimum atomic E-state index is 0.115. The van der Waals surface area contributed by atoms with E-state index in [2.05, 4.69) is 20.9 Å². The number of phenols is 1. The average Bonchev–Trinajstić information content (AvgIpc) is 2.50. The molecule has 0 aliphatic carbocycles. The van der Waals surface area contributed by atoms with Gasteiger partial charge < -0.3 is 10.8 Å². The number of benzene rings is 1. The Morgan fingerprint density at radius 2 is 2.20 bits per heavy atom. The largest absolute Gasteiger partial charge is 0.507 e. The molecule has 1 aromatic heterocycles. The fourth-order valence-corrected chi connectivity index (χ4v) is 2.64. The Kier molecular flexibility index (Phi) is 2.86. The Morgan fingerprint density at radius 3 is 2.80 bits per heavy atom. The number of hydrogen-bond acceptors (Lipinski definition) is 4. The number of halogens is 2. The van der Waals surface area contributed by atoms with Gasteiger partial charge in [0.2, 0.25) is 0 Å². The maximum Gasteiger partial charge on any atom is 0.161 e. The summed E-state index contributed by atoms with van der Waals surface area (Å²) in [6.07, 6.45) is 0. The number of nitrogen functional groups attached to an aromatic ring is 1. The molecule has 0 unspecified atom stereocenters. The van der Waals surface area contributed by atoms with Crippen LogP contribution < -0.4 is 5.73 Å². The van der Waals surface area contributed by atoms with Gasteiger partial charge in [-0.1, -0.05) is 22.9 Å². The quantitative estimate of drug-likeness (QED) is 0.847. The summed E-state index contributed by atoms with van der Waals surface area (Å²) in [7, 11) is 0. The molecule has 6 heteroatoms. The van der Waals surface area contributed by atoms with Crippen LogP contribution in [-0.4, -0.2) is 10.1 Å². The molecule has 3 nitrogen and oxygen atoms in total. The Morgan fingerprint density at radius 1 is 1.47 bits per heavy atom. The predicted octanol–water partition coefficient (Wildman–Crippen LogP) is 3.51. The van der Waals surface area contributed by atoms with E-state index in [4.69, 9.17) is 17.3 Å². The lowest BCUT2D eigenvalue weighted by atomic mass is 10.1. The van der Waals surface area contributed by atoms with E-state index in [0.717, 1.165) is 0 Å². The zero-order valence-electron chi connectivity index (χ0n) is 7.37. The summed E-state index contributed by atoms with van der Waals surface area (Å²) in [6.45, 7) is 0. The lowest BCUT2D eigenvalue weighted by Crippen LogP contribution is -1.86. The number of thiazole rings is 1. The zero-order valence-corrected chi connectivity index (χ0v) is 10.5. The van der Waals surface area contributed by atoms with Crippen molar-refractivity contribution in [3.8, 4) is 17.0 Å². The molecule has 0 radical (unpaired) electrons. The van der Waals surface area contributed by atoms with Crippen LogP contribution in [-0.2, 0) is 0 Å². The van der Waals surface area contributed by atoms with E-state index in [9.17, 15) is 5.11 Å². The van der Waals surface area contributed by atoms with E-state index in [1.54, 1.807) is 12.1 Å². The van der Waals surface area contributed by atoms with Crippen LogP contribution in [0.3, 0.4) is 0 Å². The predicted molar refractivity (Wildman–Crippen MR) is 66.3 cm³/mol. The standard InChI is InChI=1S/C9H6BrClN2OS/c10-9-13-7(8(12)15-9)5-3-4(11)1-2-6(5)14/h1-3,14H,12H2. The van der Waals surface area contributed by atoms with Crippen LogP contribution in [0.2, 0.25) is 5.02 Å². The number of anilines is 1. The summed E-state index contributed by atoms with van der Waals surface area (Å²) in [5.41, 5.74) is 6.86. The highest BCUT2D eigenvalue weighted by molar-refractivity contribution is 9.11. The van der Waals surface area contributed by atoms with Crippen molar-refractivity contribution < 1.29 is 5.11 Å². The van der Waals surface area contributed by atoms with Crippen molar-refractivity contribution in [3.63, 3.8) is 0 Å². The summed E-state index contributed by atoms with van der Waals surface area (Å²) in [5, 5.41) is 10.7. The van der Waals surface area contributed by atoms with Crippen molar-refractivity contribution in [2.75, 3.05) is 5.73 Å². The molecule has 0 saturated carbocycles. The summed E-state index contributed by atoms with van der Waals surface area (Å²) in [5.74, 6) is 0.115. The molecule has 1 aromatic carbocycles. The molecule has 0 fully saturated rings. The minimum absolute atomic E-state index is 0.115. The topological polar surface area (TPSA) is 59.1 Å². The first-order chi connectivity index (χ1) is 7.08. The summed E-state index contributed by atoms with van der Waals surface area (Å²) in [6, 6.07) is 4.76. The van der Waals surface area contributed by atoms with Crippen molar-refractivity contribution in [2.24, 2.45) is 0 Å². The highest BCUT2D eigenvalue weighted by atomic mass is 79.9. The van der Waals surface area contributed by atoms with Gasteiger partial charge in [-0.25, -0.2) is 4.98 Å². The maximum atomic E-state index is 9.66. The normalized spacial score (nSPS) is 10.5. The van der Waals surface area contributed by atoms with Gasteiger partial charge in [0.1, 0.15) is 16.4 Å². The maximum absolute atomic E-state index is 9.66. The van der Waals surface area contributed by atoms with Gasteiger partial charge in [-0.15, -0.1) is 0 Å². The van der Waals surface area contributed by atoms with Gasteiger partial charge in [0.05, 0.1) is 0 Å². The van der Waals surface area contributed by atoms with Crippen LogP contribution in [0, 0.1) is 0 Å².